The van der Waals surface area contributed by atoms with Gasteiger partial charge in [0.15, 0.2) is 0 Å². The zero-order valence-corrected chi connectivity index (χ0v) is 22.7. The predicted molar refractivity (Wildman–Crippen MR) is 151 cm³/mol. The van der Waals surface area contributed by atoms with Crippen LogP contribution < -0.4 is 10.6 Å². The number of nitrogens with zero attached hydrogens (tertiary/aromatic N) is 3. The lowest BCUT2D eigenvalue weighted by Gasteiger charge is -2.33. The molecular weight excluding hydrogens is 507 g/mol. The fourth-order valence-electron chi connectivity index (χ4n) is 4.86. The quantitative estimate of drug-likeness (QED) is 0.391. The lowest BCUT2D eigenvalue weighted by atomic mass is 9.96. The van der Waals surface area contributed by atoms with Gasteiger partial charge in [0.2, 0.25) is 11.8 Å². The smallest absolute Gasteiger partial charge is 0.249 e. The number of hydrogen-bond donors (Lipinski definition) is 1. The fourth-order valence-corrected chi connectivity index (χ4v) is 5.30. The number of primary amides is 1. The average Bonchev–Trinajstić information content (AvgIpc) is 3.42. The molecule has 1 atom stereocenters. The minimum atomic E-state index is -0.458. The van der Waals surface area contributed by atoms with E-state index in [9.17, 15) is 9.59 Å². The number of amides is 2. The normalized spacial score (nSPS) is 14.4. The largest absolute Gasteiger partial charge is 0.366 e. The maximum Gasteiger partial charge on any atom is 0.249 e. The zero-order chi connectivity index (χ0) is 26.5. The SMILES string of the molecule is CN(CC(=O)N(C)C(CN1CCCC1)c1ccc(-c2ccccc2C(N)=O)cc1)c1cccc(Cl)c1Cl. The summed E-state index contributed by atoms with van der Waals surface area (Å²) in [5.41, 5.74) is 9.52. The van der Waals surface area contributed by atoms with E-state index in [2.05, 4.69) is 4.90 Å². The maximum atomic E-state index is 13.5. The molecule has 0 aliphatic carbocycles. The Morgan fingerprint density at radius 1 is 0.946 bits per heavy atom. The van der Waals surface area contributed by atoms with Gasteiger partial charge in [-0.3, -0.25) is 9.59 Å². The van der Waals surface area contributed by atoms with E-state index in [-0.39, 0.29) is 18.5 Å². The third-order valence-corrected chi connectivity index (χ3v) is 7.81. The van der Waals surface area contributed by atoms with E-state index in [4.69, 9.17) is 28.9 Å². The number of benzene rings is 3. The van der Waals surface area contributed by atoms with Crippen molar-refractivity contribution in [1.82, 2.24) is 9.80 Å². The number of rotatable bonds is 9. The van der Waals surface area contributed by atoms with Gasteiger partial charge in [-0.1, -0.05) is 71.7 Å². The number of likely N-dealkylation sites (N-methyl/N-ethyl adjacent to an activating group) is 2. The number of hydrogen-bond acceptors (Lipinski definition) is 4. The van der Waals surface area contributed by atoms with Crippen molar-refractivity contribution >= 4 is 40.7 Å². The molecule has 4 rings (SSSR count). The van der Waals surface area contributed by atoms with Crippen LogP contribution in [-0.4, -0.2) is 61.9 Å². The summed E-state index contributed by atoms with van der Waals surface area (Å²) in [6.45, 7) is 2.97. The van der Waals surface area contributed by atoms with Gasteiger partial charge in [-0.2, -0.15) is 0 Å². The first-order valence-electron chi connectivity index (χ1n) is 12.4. The second-order valence-corrected chi connectivity index (χ2v) is 10.3. The van der Waals surface area contributed by atoms with Crippen LogP contribution in [0.5, 0.6) is 0 Å². The Morgan fingerprint density at radius 3 is 2.30 bits per heavy atom. The van der Waals surface area contributed by atoms with Crippen LogP contribution in [0.4, 0.5) is 5.69 Å². The Morgan fingerprint density at radius 2 is 1.62 bits per heavy atom. The zero-order valence-electron chi connectivity index (χ0n) is 21.2. The van der Waals surface area contributed by atoms with E-state index in [1.807, 2.05) is 72.4 Å². The summed E-state index contributed by atoms with van der Waals surface area (Å²) in [6, 6.07) is 20.6. The molecule has 0 saturated carbocycles. The summed E-state index contributed by atoms with van der Waals surface area (Å²) < 4.78 is 0. The number of halogens is 2. The molecule has 2 amide bonds. The first kappa shape index (κ1) is 27.0. The molecule has 1 heterocycles. The van der Waals surface area contributed by atoms with Crippen molar-refractivity contribution in [2.24, 2.45) is 5.73 Å². The Labute approximate surface area is 228 Å². The Hall–Kier alpha value is -3.06. The molecule has 3 aromatic rings. The van der Waals surface area contributed by atoms with E-state index >= 15 is 0 Å². The molecule has 0 radical (unpaired) electrons. The molecule has 2 N–H and O–H groups in total. The summed E-state index contributed by atoms with van der Waals surface area (Å²) >= 11 is 12.6. The number of anilines is 1. The summed E-state index contributed by atoms with van der Waals surface area (Å²) in [4.78, 5) is 31.4. The van der Waals surface area contributed by atoms with Crippen molar-refractivity contribution in [2.45, 2.75) is 18.9 Å². The molecule has 0 bridgehead atoms. The number of likely N-dealkylation sites (tertiary alicyclic amines) is 1. The summed E-state index contributed by atoms with van der Waals surface area (Å²) in [5, 5.41) is 0.888. The molecule has 1 unspecified atom stereocenters. The first-order chi connectivity index (χ1) is 17.8. The first-order valence-corrected chi connectivity index (χ1v) is 13.1. The standard InChI is InChI=1S/C29H32Cl2N4O2/c1-33(25-11-7-10-24(30)28(25)31)19-27(36)34(2)26(18-35-16-5-6-17-35)21-14-12-20(13-15-21)22-8-3-4-9-23(22)29(32)37/h3-4,7-15,26H,5-6,16-19H2,1-2H3,(H2,32,37). The molecule has 8 heteroatoms. The van der Waals surface area contributed by atoms with E-state index in [1.165, 1.54) is 12.8 Å². The molecule has 1 aliphatic rings. The maximum absolute atomic E-state index is 13.5. The Kier molecular flexibility index (Phi) is 8.75. The second-order valence-electron chi connectivity index (χ2n) is 9.49. The minimum absolute atomic E-state index is 0.0223. The highest BCUT2D eigenvalue weighted by Crippen LogP contribution is 2.32. The van der Waals surface area contributed by atoms with Gasteiger partial charge in [-0.05, 0) is 60.8 Å². The van der Waals surface area contributed by atoms with Crippen molar-refractivity contribution in [2.75, 3.05) is 45.2 Å². The van der Waals surface area contributed by atoms with Crippen molar-refractivity contribution in [3.8, 4) is 11.1 Å². The summed E-state index contributed by atoms with van der Waals surface area (Å²) in [5.74, 6) is -0.480. The van der Waals surface area contributed by atoms with Gasteiger partial charge < -0.3 is 20.4 Å². The molecule has 1 fully saturated rings. The van der Waals surface area contributed by atoms with Crippen LogP contribution in [0.15, 0.2) is 66.7 Å². The fraction of sp³-hybridized carbons (Fsp3) is 0.310. The molecule has 0 spiro atoms. The number of carbonyl (C=O) groups is 2. The van der Waals surface area contributed by atoms with Gasteiger partial charge in [-0.25, -0.2) is 0 Å². The van der Waals surface area contributed by atoms with Crippen molar-refractivity contribution in [1.29, 1.82) is 0 Å². The van der Waals surface area contributed by atoms with Crippen LogP contribution in [0, 0.1) is 0 Å². The van der Waals surface area contributed by atoms with Gasteiger partial charge in [0.05, 0.1) is 28.3 Å². The third-order valence-electron chi connectivity index (χ3n) is 7.00. The third kappa shape index (κ3) is 6.27. The van der Waals surface area contributed by atoms with Crippen LogP contribution in [0.1, 0.15) is 34.8 Å². The molecule has 194 valence electrons. The van der Waals surface area contributed by atoms with Crippen molar-refractivity contribution in [3.63, 3.8) is 0 Å². The minimum Gasteiger partial charge on any atom is -0.366 e. The van der Waals surface area contributed by atoms with Gasteiger partial charge in [0, 0.05) is 26.2 Å². The second kappa shape index (κ2) is 12.0. The monoisotopic (exact) mass is 538 g/mol. The van der Waals surface area contributed by atoms with Gasteiger partial charge in [0.1, 0.15) is 0 Å². The molecular formula is C29H32Cl2N4O2. The predicted octanol–water partition coefficient (Wildman–Crippen LogP) is 5.49. The van der Waals surface area contributed by atoms with E-state index in [0.717, 1.165) is 36.3 Å². The average molecular weight is 540 g/mol. The van der Waals surface area contributed by atoms with E-state index in [0.29, 0.717) is 21.3 Å². The molecule has 37 heavy (non-hydrogen) atoms. The Balaban J connectivity index is 1.57. The van der Waals surface area contributed by atoms with Gasteiger partial charge >= 0.3 is 0 Å². The molecule has 0 aromatic heterocycles. The van der Waals surface area contributed by atoms with E-state index in [1.54, 1.807) is 18.2 Å². The number of nitrogens with two attached hydrogens (primary N) is 1. The highest BCUT2D eigenvalue weighted by atomic mass is 35.5. The topological polar surface area (TPSA) is 69.9 Å². The summed E-state index contributed by atoms with van der Waals surface area (Å²) in [7, 11) is 3.69. The van der Waals surface area contributed by atoms with Crippen LogP contribution in [0.25, 0.3) is 11.1 Å². The Bertz CT molecular complexity index is 1260. The van der Waals surface area contributed by atoms with Gasteiger partial charge in [0.25, 0.3) is 0 Å². The van der Waals surface area contributed by atoms with Gasteiger partial charge in [-0.15, -0.1) is 0 Å². The molecule has 6 nitrogen and oxygen atoms in total. The molecule has 3 aromatic carbocycles. The van der Waals surface area contributed by atoms with Crippen LogP contribution in [0.2, 0.25) is 10.0 Å². The lowest BCUT2D eigenvalue weighted by Crippen LogP contribution is -2.42. The lowest BCUT2D eigenvalue weighted by molar-refractivity contribution is -0.131. The van der Waals surface area contributed by atoms with Crippen LogP contribution in [-0.2, 0) is 4.79 Å². The van der Waals surface area contributed by atoms with E-state index < -0.39 is 5.91 Å². The highest BCUT2D eigenvalue weighted by molar-refractivity contribution is 6.43. The van der Waals surface area contributed by atoms with Crippen LogP contribution >= 0.6 is 23.2 Å². The van der Waals surface area contributed by atoms with Crippen LogP contribution in [0.3, 0.4) is 0 Å². The summed E-state index contributed by atoms with van der Waals surface area (Å²) in [6.07, 6.45) is 2.34. The molecule has 1 saturated heterocycles. The number of carbonyl (C=O) groups excluding carboxylic acids is 2. The van der Waals surface area contributed by atoms with Crippen molar-refractivity contribution in [3.05, 3.63) is 87.9 Å². The highest BCUT2D eigenvalue weighted by Gasteiger charge is 2.27. The molecule has 1 aliphatic heterocycles. The van der Waals surface area contributed by atoms with Crippen molar-refractivity contribution < 1.29 is 9.59 Å².